The molecule has 0 atom stereocenters. The predicted molar refractivity (Wildman–Crippen MR) is 124 cm³/mol. The monoisotopic (exact) mass is 454 g/mol. The van der Waals surface area contributed by atoms with E-state index in [2.05, 4.69) is 6.92 Å². The number of unbranched alkanes of at least 4 members (excludes halogenated alkanes) is 4. The summed E-state index contributed by atoms with van der Waals surface area (Å²) in [5.41, 5.74) is 1.16. The molecule has 0 radical (unpaired) electrons. The van der Waals surface area contributed by atoms with Gasteiger partial charge in [-0.2, -0.15) is 0 Å². The number of ether oxygens (including phenoxy) is 6. The molecule has 7 nitrogen and oxygen atoms in total. The van der Waals surface area contributed by atoms with Crippen molar-refractivity contribution in [1.29, 1.82) is 0 Å². The number of hydrogen-bond acceptors (Lipinski definition) is 7. The minimum atomic E-state index is -0.137. The van der Waals surface area contributed by atoms with Gasteiger partial charge in [0, 0.05) is 6.42 Å². The van der Waals surface area contributed by atoms with Crippen LogP contribution in [-0.4, -0.2) is 72.0 Å². The van der Waals surface area contributed by atoms with Gasteiger partial charge in [-0.25, -0.2) is 0 Å². The van der Waals surface area contributed by atoms with E-state index >= 15 is 0 Å². The highest BCUT2D eigenvalue weighted by Gasteiger charge is 2.02. The first-order valence-corrected chi connectivity index (χ1v) is 11.9. The first kappa shape index (κ1) is 28.5. The molecule has 0 amide bonds. The Morgan fingerprint density at radius 3 is 1.69 bits per heavy atom. The third kappa shape index (κ3) is 19.2. The average molecular weight is 455 g/mol. The predicted octanol–water partition coefficient (Wildman–Crippen LogP) is 4.17. The second-order valence-electron chi connectivity index (χ2n) is 7.37. The molecule has 32 heavy (non-hydrogen) atoms. The molecular weight excluding hydrogens is 412 g/mol. The summed E-state index contributed by atoms with van der Waals surface area (Å²) in [7, 11) is 0. The van der Waals surface area contributed by atoms with Gasteiger partial charge in [-0.3, -0.25) is 4.79 Å². The van der Waals surface area contributed by atoms with Gasteiger partial charge >= 0.3 is 5.97 Å². The molecule has 0 N–H and O–H groups in total. The summed E-state index contributed by atoms with van der Waals surface area (Å²) in [5.74, 6) is -0.137. The van der Waals surface area contributed by atoms with Gasteiger partial charge in [-0.15, -0.1) is 0 Å². The third-order valence-electron chi connectivity index (χ3n) is 4.57. The zero-order valence-corrected chi connectivity index (χ0v) is 19.8. The van der Waals surface area contributed by atoms with E-state index < -0.39 is 0 Å². The highest BCUT2D eigenvalue weighted by Crippen LogP contribution is 2.05. The summed E-state index contributed by atoms with van der Waals surface area (Å²) in [6.07, 6.45) is 6.14. The maximum Gasteiger partial charge on any atom is 0.305 e. The van der Waals surface area contributed by atoms with Gasteiger partial charge < -0.3 is 28.4 Å². The molecule has 1 aromatic rings. The number of carbonyl (C=O) groups excluding carboxylic acids is 1. The van der Waals surface area contributed by atoms with E-state index in [-0.39, 0.29) is 5.97 Å². The standard InChI is InChI=1S/C25H42O7/c1-2-3-4-5-9-12-25(26)32-22-21-30-18-17-28-14-13-27-15-16-29-19-20-31-23-24-10-7-6-8-11-24/h6-8,10-11H,2-5,9,12-23H2,1H3. The topological polar surface area (TPSA) is 72.5 Å². The lowest BCUT2D eigenvalue weighted by molar-refractivity contribution is -0.145. The SMILES string of the molecule is CCCCCCCC(=O)OCCOCCOCCOCCOCCOCc1ccccc1. The number of benzene rings is 1. The summed E-state index contributed by atoms with van der Waals surface area (Å²) in [6, 6.07) is 10.1. The smallest absolute Gasteiger partial charge is 0.305 e. The van der Waals surface area contributed by atoms with Gasteiger partial charge in [0.2, 0.25) is 0 Å². The highest BCUT2D eigenvalue weighted by atomic mass is 16.6. The molecule has 0 aromatic heterocycles. The molecule has 0 heterocycles. The number of carbonyl (C=O) groups is 1. The van der Waals surface area contributed by atoms with Crippen molar-refractivity contribution in [2.45, 2.75) is 52.1 Å². The highest BCUT2D eigenvalue weighted by molar-refractivity contribution is 5.69. The Morgan fingerprint density at radius 1 is 0.625 bits per heavy atom. The summed E-state index contributed by atoms with van der Waals surface area (Å²) < 4.78 is 32.4. The van der Waals surface area contributed by atoms with Crippen LogP contribution < -0.4 is 0 Å². The van der Waals surface area contributed by atoms with Gasteiger partial charge in [0.15, 0.2) is 0 Å². The molecule has 0 aliphatic rings. The van der Waals surface area contributed by atoms with Crippen LogP contribution in [0.25, 0.3) is 0 Å². The fourth-order valence-electron chi connectivity index (χ4n) is 2.80. The fourth-order valence-corrected chi connectivity index (χ4v) is 2.80. The largest absolute Gasteiger partial charge is 0.463 e. The van der Waals surface area contributed by atoms with Crippen LogP contribution in [0.2, 0.25) is 0 Å². The van der Waals surface area contributed by atoms with Crippen molar-refractivity contribution in [3.63, 3.8) is 0 Å². The van der Waals surface area contributed by atoms with Crippen LogP contribution in [-0.2, 0) is 39.8 Å². The molecule has 0 unspecified atom stereocenters. The van der Waals surface area contributed by atoms with Crippen LogP contribution in [0.3, 0.4) is 0 Å². The Labute approximate surface area is 193 Å². The lowest BCUT2D eigenvalue weighted by Gasteiger charge is -2.08. The molecule has 0 aliphatic carbocycles. The first-order valence-electron chi connectivity index (χ1n) is 11.9. The minimum Gasteiger partial charge on any atom is -0.463 e. The van der Waals surface area contributed by atoms with E-state index in [1.54, 1.807) is 0 Å². The molecule has 0 fully saturated rings. The molecule has 0 saturated carbocycles. The van der Waals surface area contributed by atoms with Crippen LogP contribution in [0.15, 0.2) is 30.3 Å². The van der Waals surface area contributed by atoms with Crippen molar-refractivity contribution in [3.05, 3.63) is 35.9 Å². The molecule has 7 heteroatoms. The first-order chi connectivity index (χ1) is 15.8. The fraction of sp³-hybridized carbons (Fsp3) is 0.720. The van der Waals surface area contributed by atoms with Gasteiger partial charge in [0.05, 0.1) is 66.1 Å². The Kier molecular flexibility index (Phi) is 20.2. The maximum atomic E-state index is 11.5. The number of esters is 1. The summed E-state index contributed by atoms with van der Waals surface area (Å²) >= 11 is 0. The van der Waals surface area contributed by atoms with E-state index in [0.29, 0.717) is 79.1 Å². The Bertz CT molecular complexity index is 524. The van der Waals surface area contributed by atoms with Crippen LogP contribution in [0, 0.1) is 0 Å². The average Bonchev–Trinajstić information content (AvgIpc) is 2.81. The summed E-state index contributed by atoms with van der Waals surface area (Å²) in [4.78, 5) is 11.5. The second kappa shape index (κ2) is 22.7. The Balaban J connectivity index is 1.70. The second-order valence-corrected chi connectivity index (χ2v) is 7.37. The molecule has 1 rings (SSSR count). The van der Waals surface area contributed by atoms with Crippen LogP contribution in [0.4, 0.5) is 0 Å². The van der Waals surface area contributed by atoms with E-state index in [1.807, 2.05) is 30.3 Å². The van der Waals surface area contributed by atoms with Crippen LogP contribution in [0.1, 0.15) is 51.0 Å². The molecule has 184 valence electrons. The van der Waals surface area contributed by atoms with Crippen molar-refractivity contribution in [1.82, 2.24) is 0 Å². The van der Waals surface area contributed by atoms with Crippen molar-refractivity contribution in [3.8, 4) is 0 Å². The van der Waals surface area contributed by atoms with E-state index in [0.717, 1.165) is 18.4 Å². The van der Waals surface area contributed by atoms with Gasteiger partial charge in [0.25, 0.3) is 0 Å². The lowest BCUT2D eigenvalue weighted by atomic mass is 10.1. The minimum absolute atomic E-state index is 0.137. The normalized spacial score (nSPS) is 11.0. The maximum absolute atomic E-state index is 11.5. The molecular formula is C25H42O7. The van der Waals surface area contributed by atoms with Crippen molar-refractivity contribution in [2.24, 2.45) is 0 Å². The Hall–Kier alpha value is -1.51. The molecule has 0 bridgehead atoms. The molecule has 0 aliphatic heterocycles. The molecule has 0 spiro atoms. The van der Waals surface area contributed by atoms with Crippen molar-refractivity contribution in [2.75, 3.05) is 66.1 Å². The van der Waals surface area contributed by atoms with E-state index in [1.165, 1.54) is 19.3 Å². The van der Waals surface area contributed by atoms with Crippen LogP contribution in [0.5, 0.6) is 0 Å². The number of hydrogen-bond donors (Lipinski definition) is 0. The van der Waals surface area contributed by atoms with Crippen LogP contribution >= 0.6 is 0 Å². The lowest BCUT2D eigenvalue weighted by Crippen LogP contribution is -2.15. The van der Waals surface area contributed by atoms with Crippen molar-refractivity contribution < 1.29 is 33.2 Å². The van der Waals surface area contributed by atoms with E-state index in [9.17, 15) is 4.79 Å². The third-order valence-corrected chi connectivity index (χ3v) is 4.57. The quantitative estimate of drug-likeness (QED) is 0.181. The van der Waals surface area contributed by atoms with Crippen molar-refractivity contribution >= 4 is 5.97 Å². The Morgan fingerprint density at radius 2 is 1.12 bits per heavy atom. The van der Waals surface area contributed by atoms with Gasteiger partial charge in [0.1, 0.15) is 6.61 Å². The zero-order chi connectivity index (χ0) is 23.0. The van der Waals surface area contributed by atoms with Gasteiger partial charge in [-0.1, -0.05) is 62.9 Å². The molecule has 1 aromatic carbocycles. The molecule has 0 saturated heterocycles. The number of rotatable bonds is 23. The zero-order valence-electron chi connectivity index (χ0n) is 19.8. The van der Waals surface area contributed by atoms with E-state index in [4.69, 9.17) is 28.4 Å². The van der Waals surface area contributed by atoms with Gasteiger partial charge in [-0.05, 0) is 12.0 Å². The summed E-state index contributed by atoms with van der Waals surface area (Å²) in [5, 5.41) is 0. The summed E-state index contributed by atoms with van der Waals surface area (Å²) in [6.45, 7) is 7.65.